The molecule has 0 spiro atoms. The number of hydrogen-bond acceptors (Lipinski definition) is 8. The third kappa shape index (κ3) is 6.46. The number of urea groups is 1. The number of rotatable bonds is 9. The van der Waals surface area contributed by atoms with Crippen LogP contribution in [0.3, 0.4) is 0 Å². The van der Waals surface area contributed by atoms with Crippen LogP contribution in [0, 0.1) is 0 Å². The van der Waals surface area contributed by atoms with Crippen molar-refractivity contribution in [3.63, 3.8) is 0 Å². The topological polar surface area (TPSA) is 102 Å². The monoisotopic (exact) mass is 536 g/mol. The second kappa shape index (κ2) is 12.0. The minimum absolute atomic E-state index is 0.0495. The van der Waals surface area contributed by atoms with Gasteiger partial charge in [-0.2, -0.15) is 0 Å². The first-order chi connectivity index (χ1) is 18.9. The Bertz CT molecular complexity index is 1220. The molecular weight excluding hydrogens is 500 g/mol. The lowest BCUT2D eigenvalue weighted by molar-refractivity contribution is -0.139. The molecule has 1 saturated heterocycles. The van der Waals surface area contributed by atoms with Crippen molar-refractivity contribution in [1.82, 2.24) is 20.4 Å². The van der Waals surface area contributed by atoms with Gasteiger partial charge in [-0.15, -0.1) is 0 Å². The number of piperazine rings is 1. The third-order valence-electron chi connectivity index (χ3n) is 6.92. The highest BCUT2D eigenvalue weighted by Gasteiger charge is 2.34. The third-order valence-corrected chi connectivity index (χ3v) is 6.92. The summed E-state index contributed by atoms with van der Waals surface area (Å²) >= 11 is 0. The molecule has 3 aliphatic rings. The van der Waals surface area contributed by atoms with Crippen LogP contribution in [-0.4, -0.2) is 74.0 Å². The van der Waals surface area contributed by atoms with Crippen LogP contribution >= 0.6 is 0 Å². The van der Waals surface area contributed by atoms with E-state index in [0.717, 1.165) is 55.5 Å². The first-order valence-corrected chi connectivity index (χ1v) is 13.5. The Kier molecular flexibility index (Phi) is 8.23. The number of nitrogens with zero attached hydrogens (tertiary/aromatic N) is 2. The number of nitrogens with one attached hydrogen (secondary N) is 2. The molecule has 39 heavy (non-hydrogen) atoms. The second-order valence-electron chi connectivity index (χ2n) is 10.1. The van der Waals surface area contributed by atoms with E-state index in [1.54, 1.807) is 6.92 Å². The zero-order valence-electron chi connectivity index (χ0n) is 22.7. The molecule has 1 fully saturated rings. The van der Waals surface area contributed by atoms with E-state index in [1.165, 1.54) is 5.56 Å². The molecule has 0 aromatic heterocycles. The highest BCUT2D eigenvalue weighted by atomic mass is 16.7. The SMILES string of the molecule is CCOC(=O)C1=C(CN2CCN(Cc3ccc4c(c3)OCO4)CC2)NC(=O)N[C@H]1c1ccc(OC(C)C)cc1. The fraction of sp³-hybridized carbons (Fsp3) is 0.448. The smallest absolute Gasteiger partial charge is 0.338 e. The number of esters is 1. The Morgan fingerprint density at radius 1 is 1.00 bits per heavy atom. The van der Waals surface area contributed by atoms with Gasteiger partial charge in [-0.1, -0.05) is 18.2 Å². The van der Waals surface area contributed by atoms with Gasteiger partial charge in [0.25, 0.3) is 0 Å². The molecular formula is C29H36N4O6. The fourth-order valence-corrected chi connectivity index (χ4v) is 5.08. The van der Waals surface area contributed by atoms with Crippen LogP contribution in [0.1, 0.15) is 37.9 Å². The Balaban J connectivity index is 1.28. The van der Waals surface area contributed by atoms with Crippen molar-refractivity contribution in [1.29, 1.82) is 0 Å². The molecule has 0 bridgehead atoms. The molecule has 0 saturated carbocycles. The molecule has 0 unspecified atom stereocenters. The van der Waals surface area contributed by atoms with Crippen LogP contribution < -0.4 is 24.8 Å². The number of hydrogen-bond donors (Lipinski definition) is 2. The fourth-order valence-electron chi connectivity index (χ4n) is 5.08. The summed E-state index contributed by atoms with van der Waals surface area (Å²) in [6, 6.07) is 12.6. The van der Waals surface area contributed by atoms with E-state index in [4.69, 9.17) is 18.9 Å². The minimum atomic E-state index is -0.617. The predicted octanol–water partition coefficient (Wildman–Crippen LogP) is 3.19. The summed E-state index contributed by atoms with van der Waals surface area (Å²) in [7, 11) is 0. The summed E-state index contributed by atoms with van der Waals surface area (Å²) in [6.45, 7) is 10.8. The molecule has 208 valence electrons. The first-order valence-electron chi connectivity index (χ1n) is 13.5. The summed E-state index contributed by atoms with van der Waals surface area (Å²) in [4.78, 5) is 30.5. The number of carbonyl (C=O) groups excluding carboxylic acids is 2. The summed E-state index contributed by atoms with van der Waals surface area (Å²) < 4.78 is 22.1. The lowest BCUT2D eigenvalue weighted by atomic mass is 9.94. The average Bonchev–Trinajstić information content (AvgIpc) is 3.38. The maximum Gasteiger partial charge on any atom is 0.338 e. The zero-order valence-corrected chi connectivity index (χ0v) is 22.7. The Labute approximate surface area is 228 Å². The molecule has 2 aromatic rings. The van der Waals surface area contributed by atoms with Gasteiger partial charge in [0.05, 0.1) is 24.3 Å². The van der Waals surface area contributed by atoms with Crippen LogP contribution in [0.25, 0.3) is 0 Å². The molecule has 10 heteroatoms. The van der Waals surface area contributed by atoms with Crippen LogP contribution in [0.15, 0.2) is 53.7 Å². The summed E-state index contributed by atoms with van der Waals surface area (Å²) in [5.41, 5.74) is 2.97. The number of benzene rings is 2. The highest BCUT2D eigenvalue weighted by Crippen LogP contribution is 2.33. The molecule has 3 aliphatic heterocycles. The standard InChI is InChI=1S/C29H36N4O6/c1-4-36-28(34)26-23(30-29(35)31-27(26)21-6-8-22(9-7-21)39-19(2)3)17-33-13-11-32(12-14-33)16-20-5-10-24-25(15-20)38-18-37-24/h5-10,15,19,27H,4,11-14,16-18H2,1-3H3,(H2,30,31,35)/t27-/m0/s1. The van der Waals surface area contributed by atoms with Crippen LogP contribution in [0.2, 0.25) is 0 Å². The quantitative estimate of drug-likeness (QED) is 0.472. The van der Waals surface area contributed by atoms with Gasteiger partial charge in [0.15, 0.2) is 11.5 Å². The maximum atomic E-state index is 13.1. The van der Waals surface area contributed by atoms with Crippen molar-refractivity contribution in [2.75, 3.05) is 46.1 Å². The van der Waals surface area contributed by atoms with E-state index in [9.17, 15) is 9.59 Å². The number of fused-ring (bicyclic) bond motifs is 1. The van der Waals surface area contributed by atoms with Gasteiger partial charge in [0.2, 0.25) is 6.79 Å². The molecule has 0 radical (unpaired) electrons. The maximum absolute atomic E-state index is 13.1. The van der Waals surface area contributed by atoms with Crippen LogP contribution in [0.5, 0.6) is 17.2 Å². The van der Waals surface area contributed by atoms with Crippen LogP contribution in [0.4, 0.5) is 4.79 Å². The second-order valence-corrected chi connectivity index (χ2v) is 10.1. The molecule has 3 heterocycles. The lowest BCUT2D eigenvalue weighted by Gasteiger charge is -2.37. The van der Waals surface area contributed by atoms with E-state index in [1.807, 2.05) is 50.2 Å². The Morgan fingerprint density at radius 3 is 2.38 bits per heavy atom. The van der Waals surface area contributed by atoms with Gasteiger partial charge >= 0.3 is 12.0 Å². The highest BCUT2D eigenvalue weighted by molar-refractivity contribution is 5.95. The molecule has 1 atom stereocenters. The zero-order chi connectivity index (χ0) is 27.4. The van der Waals surface area contributed by atoms with Crippen molar-refractivity contribution in [2.45, 2.75) is 39.5 Å². The van der Waals surface area contributed by atoms with E-state index < -0.39 is 12.0 Å². The molecule has 2 N–H and O–H groups in total. The Hall–Kier alpha value is -3.76. The van der Waals surface area contributed by atoms with E-state index in [2.05, 4.69) is 26.5 Å². The average molecular weight is 537 g/mol. The summed E-state index contributed by atoms with van der Waals surface area (Å²) in [6.07, 6.45) is 0.0495. The molecule has 0 aliphatic carbocycles. The molecule has 2 aromatic carbocycles. The largest absolute Gasteiger partial charge is 0.491 e. The van der Waals surface area contributed by atoms with Gasteiger partial charge in [-0.05, 0) is 56.2 Å². The van der Waals surface area contributed by atoms with Gasteiger partial charge in [0.1, 0.15) is 5.75 Å². The van der Waals surface area contributed by atoms with Gasteiger partial charge in [-0.25, -0.2) is 9.59 Å². The summed E-state index contributed by atoms with van der Waals surface area (Å²) in [5, 5.41) is 5.79. The normalized spacial score (nSPS) is 19.6. The first kappa shape index (κ1) is 26.8. The minimum Gasteiger partial charge on any atom is -0.491 e. The van der Waals surface area contributed by atoms with E-state index in [0.29, 0.717) is 17.8 Å². The van der Waals surface area contributed by atoms with Gasteiger partial charge in [0, 0.05) is 45.0 Å². The van der Waals surface area contributed by atoms with Gasteiger partial charge < -0.3 is 29.6 Å². The Morgan fingerprint density at radius 2 is 1.69 bits per heavy atom. The number of carbonyl (C=O) groups is 2. The van der Waals surface area contributed by atoms with Crippen molar-refractivity contribution in [2.24, 2.45) is 0 Å². The molecule has 10 nitrogen and oxygen atoms in total. The van der Waals surface area contributed by atoms with Gasteiger partial charge in [-0.3, -0.25) is 9.80 Å². The van der Waals surface area contributed by atoms with Crippen molar-refractivity contribution in [3.05, 3.63) is 64.9 Å². The predicted molar refractivity (Wildman–Crippen MR) is 145 cm³/mol. The van der Waals surface area contributed by atoms with Crippen molar-refractivity contribution < 1.29 is 28.5 Å². The number of ether oxygens (including phenoxy) is 4. The number of amides is 2. The molecule has 5 rings (SSSR count). The van der Waals surface area contributed by atoms with Crippen molar-refractivity contribution >= 4 is 12.0 Å². The van der Waals surface area contributed by atoms with Crippen molar-refractivity contribution in [3.8, 4) is 17.2 Å². The lowest BCUT2D eigenvalue weighted by Crippen LogP contribution is -2.51. The van der Waals surface area contributed by atoms with Crippen LogP contribution in [-0.2, 0) is 16.1 Å². The molecule has 2 amide bonds. The summed E-state index contributed by atoms with van der Waals surface area (Å²) in [5.74, 6) is 1.88. The van der Waals surface area contributed by atoms with E-state index >= 15 is 0 Å². The van der Waals surface area contributed by atoms with E-state index in [-0.39, 0.29) is 25.5 Å².